The molecule has 0 radical (unpaired) electrons. The van der Waals surface area contributed by atoms with Crippen molar-refractivity contribution in [3.63, 3.8) is 0 Å². The maximum absolute atomic E-state index is 13.6. The normalized spacial score (nSPS) is 14.4. The number of nitrogens with zero attached hydrogens (tertiary/aromatic N) is 1. The third-order valence-electron chi connectivity index (χ3n) is 4.70. The number of piperidine rings is 1. The number of H-pyrrole nitrogens is 1. The molecule has 0 saturated carbocycles. The summed E-state index contributed by atoms with van der Waals surface area (Å²) in [5.41, 5.74) is 3.32. The van der Waals surface area contributed by atoms with Gasteiger partial charge in [0, 0.05) is 36.6 Å². The smallest absolute Gasteiger partial charge is 0.408 e. The van der Waals surface area contributed by atoms with Crippen LogP contribution in [0.2, 0.25) is 5.02 Å². The molecule has 1 saturated heterocycles. The van der Waals surface area contributed by atoms with Crippen LogP contribution in [0, 0.1) is 5.82 Å². The maximum Gasteiger partial charge on any atom is 0.417 e. The molecule has 1 aliphatic rings. The molecular weight excluding hydrogens is 385 g/mol. The predicted octanol–water partition coefficient (Wildman–Crippen LogP) is 4.08. The Morgan fingerprint density at radius 3 is 2.75 bits per heavy atom. The molecule has 0 spiro atoms. The van der Waals surface area contributed by atoms with E-state index in [-0.39, 0.29) is 10.9 Å². The van der Waals surface area contributed by atoms with E-state index in [1.165, 1.54) is 6.07 Å². The second-order valence-electron chi connectivity index (χ2n) is 6.60. The fourth-order valence-electron chi connectivity index (χ4n) is 3.27. The number of amides is 1. The number of carbonyl (C=O) groups is 1. The van der Waals surface area contributed by atoms with E-state index in [0.717, 1.165) is 11.3 Å². The quantitative estimate of drug-likeness (QED) is 0.648. The summed E-state index contributed by atoms with van der Waals surface area (Å²) in [5, 5.41) is 2.88. The number of benzene rings is 2. The fourth-order valence-corrected chi connectivity index (χ4v) is 3.38. The lowest BCUT2D eigenvalue weighted by Crippen LogP contribution is -2.31. The number of carbonyl (C=O) groups excluding carboxylic acids is 1. The van der Waals surface area contributed by atoms with Gasteiger partial charge in [-0.3, -0.25) is 9.78 Å². The average Bonchev–Trinajstić information content (AvgIpc) is 3.04. The molecule has 1 fully saturated rings. The van der Waals surface area contributed by atoms with Crippen molar-refractivity contribution in [3.05, 3.63) is 69.4 Å². The Morgan fingerprint density at radius 2 is 2.00 bits per heavy atom. The number of nitrogens with one attached hydrogen (secondary N) is 2. The Balaban J connectivity index is 1.38. The summed E-state index contributed by atoms with van der Waals surface area (Å²) in [6.07, 6.45) is 3.02. The molecule has 2 heterocycles. The van der Waals surface area contributed by atoms with E-state index in [1.807, 2.05) is 0 Å². The Labute approximate surface area is 164 Å². The van der Waals surface area contributed by atoms with E-state index in [0.29, 0.717) is 42.7 Å². The molecule has 1 aromatic heterocycles. The zero-order valence-electron chi connectivity index (χ0n) is 14.8. The van der Waals surface area contributed by atoms with Crippen LogP contribution < -0.4 is 16.0 Å². The van der Waals surface area contributed by atoms with Crippen LogP contribution in [0.15, 0.2) is 57.3 Å². The summed E-state index contributed by atoms with van der Waals surface area (Å²) in [7, 11) is 0. The summed E-state index contributed by atoms with van der Waals surface area (Å²) in [6, 6.07) is 9.74. The van der Waals surface area contributed by atoms with Gasteiger partial charge >= 0.3 is 5.76 Å². The highest BCUT2D eigenvalue weighted by Crippen LogP contribution is 2.26. The highest BCUT2D eigenvalue weighted by atomic mass is 35.5. The number of fused-ring (bicyclic) bond motifs is 1. The Morgan fingerprint density at radius 1 is 1.21 bits per heavy atom. The molecule has 2 aromatic carbocycles. The molecule has 0 bridgehead atoms. The zero-order chi connectivity index (χ0) is 19.7. The van der Waals surface area contributed by atoms with Gasteiger partial charge in [-0.25, -0.2) is 9.18 Å². The van der Waals surface area contributed by atoms with Crippen LogP contribution in [0.3, 0.4) is 0 Å². The Hall–Kier alpha value is -3.06. The topological polar surface area (TPSA) is 78.3 Å². The molecule has 6 nitrogen and oxygen atoms in total. The van der Waals surface area contributed by atoms with Crippen LogP contribution in [0.4, 0.5) is 15.8 Å². The highest BCUT2D eigenvalue weighted by molar-refractivity contribution is 6.30. The van der Waals surface area contributed by atoms with Crippen molar-refractivity contribution < 1.29 is 13.6 Å². The lowest BCUT2D eigenvalue weighted by Gasteiger charge is -2.30. The summed E-state index contributed by atoms with van der Waals surface area (Å²) >= 11 is 5.73. The Kier molecular flexibility index (Phi) is 4.92. The molecule has 4 rings (SSSR count). The molecule has 8 heteroatoms. The van der Waals surface area contributed by atoms with Crippen LogP contribution in [0.5, 0.6) is 0 Å². The van der Waals surface area contributed by atoms with Gasteiger partial charge in [-0.15, -0.1) is 0 Å². The molecule has 0 aliphatic carbocycles. The van der Waals surface area contributed by atoms with Crippen LogP contribution in [-0.4, -0.2) is 24.0 Å². The molecule has 1 aliphatic heterocycles. The van der Waals surface area contributed by atoms with Crippen molar-refractivity contribution in [3.8, 4) is 0 Å². The number of aromatic nitrogens is 1. The van der Waals surface area contributed by atoms with E-state index < -0.39 is 11.6 Å². The monoisotopic (exact) mass is 401 g/mol. The summed E-state index contributed by atoms with van der Waals surface area (Å²) in [5.74, 6) is -1.21. The lowest BCUT2D eigenvalue weighted by atomic mass is 10.0. The first-order chi connectivity index (χ1) is 13.5. The SMILES string of the molecule is O=C(C=C1CCN(c2ccc(Cl)c(F)c2)CC1)Nc1ccc2[nH]c(=O)oc2c1. The highest BCUT2D eigenvalue weighted by Gasteiger charge is 2.16. The van der Waals surface area contributed by atoms with Crippen molar-refractivity contribution >= 4 is 40.0 Å². The van der Waals surface area contributed by atoms with E-state index in [1.54, 1.807) is 36.4 Å². The third-order valence-corrected chi connectivity index (χ3v) is 5.00. The zero-order valence-corrected chi connectivity index (χ0v) is 15.6. The van der Waals surface area contributed by atoms with Crippen molar-refractivity contribution in [2.45, 2.75) is 12.8 Å². The van der Waals surface area contributed by atoms with Crippen LogP contribution in [0.1, 0.15) is 12.8 Å². The van der Waals surface area contributed by atoms with Gasteiger partial charge in [-0.1, -0.05) is 17.2 Å². The van der Waals surface area contributed by atoms with Crippen molar-refractivity contribution in [2.24, 2.45) is 0 Å². The average molecular weight is 402 g/mol. The van der Waals surface area contributed by atoms with Crippen molar-refractivity contribution in [1.82, 2.24) is 4.98 Å². The third kappa shape index (κ3) is 3.94. The molecular formula is C20H17ClFN3O3. The van der Waals surface area contributed by atoms with Crippen molar-refractivity contribution in [1.29, 1.82) is 0 Å². The maximum atomic E-state index is 13.6. The van der Waals surface area contributed by atoms with Crippen molar-refractivity contribution in [2.75, 3.05) is 23.3 Å². The van der Waals surface area contributed by atoms with Gasteiger partial charge in [-0.05, 0) is 43.2 Å². The fraction of sp³-hybridized carbons (Fsp3) is 0.200. The van der Waals surface area contributed by atoms with Crippen LogP contribution in [-0.2, 0) is 4.79 Å². The minimum Gasteiger partial charge on any atom is -0.408 e. The second kappa shape index (κ2) is 7.52. The van der Waals surface area contributed by atoms with Gasteiger partial charge in [0.1, 0.15) is 5.82 Å². The first kappa shape index (κ1) is 18.3. The largest absolute Gasteiger partial charge is 0.417 e. The number of aromatic amines is 1. The molecule has 0 atom stereocenters. The first-order valence-corrected chi connectivity index (χ1v) is 9.19. The molecule has 144 valence electrons. The molecule has 1 amide bonds. The molecule has 0 unspecified atom stereocenters. The van der Waals surface area contributed by atoms with Crippen LogP contribution in [0.25, 0.3) is 11.1 Å². The van der Waals surface area contributed by atoms with E-state index in [2.05, 4.69) is 15.2 Å². The minimum atomic E-state index is -0.534. The van der Waals surface area contributed by atoms with Gasteiger partial charge < -0.3 is 14.6 Å². The number of anilines is 2. The van der Waals surface area contributed by atoms with Crippen LogP contribution >= 0.6 is 11.6 Å². The molecule has 2 N–H and O–H groups in total. The predicted molar refractivity (Wildman–Crippen MR) is 106 cm³/mol. The Bertz CT molecular complexity index is 1130. The standard InChI is InChI=1S/C20H17ClFN3O3/c21-15-3-2-14(11-16(15)22)25-7-5-12(6-8-25)9-19(26)23-13-1-4-17-18(10-13)28-20(27)24-17/h1-4,9-11H,5-8H2,(H,23,26)(H,24,27). The summed E-state index contributed by atoms with van der Waals surface area (Å²) in [4.78, 5) is 28.1. The number of hydrogen-bond donors (Lipinski definition) is 2. The molecule has 3 aromatic rings. The van der Waals surface area contributed by atoms with E-state index in [4.69, 9.17) is 16.0 Å². The van der Waals surface area contributed by atoms with Gasteiger partial charge in [0.25, 0.3) is 0 Å². The second-order valence-corrected chi connectivity index (χ2v) is 7.01. The van der Waals surface area contributed by atoms with E-state index in [9.17, 15) is 14.0 Å². The van der Waals surface area contributed by atoms with E-state index >= 15 is 0 Å². The summed E-state index contributed by atoms with van der Waals surface area (Å²) in [6.45, 7) is 1.39. The minimum absolute atomic E-state index is 0.107. The number of halogens is 2. The molecule has 28 heavy (non-hydrogen) atoms. The first-order valence-electron chi connectivity index (χ1n) is 8.81. The number of rotatable bonds is 3. The summed E-state index contributed by atoms with van der Waals surface area (Å²) < 4.78 is 18.6. The number of hydrogen-bond acceptors (Lipinski definition) is 4. The van der Waals surface area contributed by atoms with Gasteiger partial charge in [0.2, 0.25) is 5.91 Å². The van der Waals surface area contributed by atoms with Gasteiger partial charge in [0.15, 0.2) is 5.58 Å². The van der Waals surface area contributed by atoms with Gasteiger partial charge in [-0.2, -0.15) is 0 Å². The van der Waals surface area contributed by atoms with Gasteiger partial charge in [0.05, 0.1) is 10.5 Å². The lowest BCUT2D eigenvalue weighted by molar-refractivity contribution is -0.112. The number of oxazole rings is 1.